The van der Waals surface area contributed by atoms with Gasteiger partial charge >= 0.3 is 0 Å². The highest BCUT2D eigenvalue weighted by Crippen LogP contribution is 2.23. The van der Waals surface area contributed by atoms with Gasteiger partial charge in [0.2, 0.25) is 11.6 Å². The van der Waals surface area contributed by atoms with Gasteiger partial charge in [0.25, 0.3) is 5.69 Å². The number of rotatable bonds is 8. The summed E-state index contributed by atoms with van der Waals surface area (Å²) in [6.45, 7) is 0. The summed E-state index contributed by atoms with van der Waals surface area (Å²) in [4.78, 5) is 38.9. The molecule has 0 unspecified atom stereocenters. The number of carbonyl (C=O) groups excluding carboxylic acids is 2. The Balaban J connectivity index is 1.87. The number of hydrogen-bond donors (Lipinski definition) is 0. The van der Waals surface area contributed by atoms with Crippen molar-refractivity contribution >= 4 is 46.1 Å². The molecule has 0 fully saturated rings. The first-order chi connectivity index (χ1) is 18.5. The van der Waals surface area contributed by atoms with Crippen LogP contribution >= 0.6 is 0 Å². The Labute approximate surface area is 221 Å². The third-order valence-corrected chi connectivity index (χ3v) is 11.5. The lowest BCUT2D eigenvalue weighted by Crippen LogP contribution is -2.75. The molecule has 6 heteroatoms. The summed E-state index contributed by atoms with van der Waals surface area (Å²) in [6.07, 6.45) is 0. The molecule has 0 aliphatic rings. The standard InChI is InChI=1S/C32H23NO4Si/c34-31(24-14-5-1-6-15-24)32(35)28-22-13-23-29(30(28)33(36)37)38(25-16-7-2-8-17-25,26-18-9-3-10-19-26)27-20-11-4-12-21-27/h1-23H. The second kappa shape index (κ2) is 10.6. The lowest BCUT2D eigenvalue weighted by atomic mass is 10.0. The first-order valence-electron chi connectivity index (χ1n) is 12.1. The Morgan fingerprint density at radius 1 is 0.526 bits per heavy atom. The molecule has 38 heavy (non-hydrogen) atoms. The number of nitrogens with zero attached hydrogens (tertiary/aromatic N) is 1. The molecule has 0 aromatic heterocycles. The minimum atomic E-state index is -3.30. The van der Waals surface area contributed by atoms with Gasteiger partial charge in [-0.1, -0.05) is 133 Å². The van der Waals surface area contributed by atoms with Crippen molar-refractivity contribution in [2.45, 2.75) is 0 Å². The fourth-order valence-electron chi connectivity index (χ4n) is 5.10. The van der Waals surface area contributed by atoms with Gasteiger partial charge in [0.15, 0.2) is 8.07 Å². The van der Waals surface area contributed by atoms with E-state index in [1.165, 1.54) is 18.2 Å². The monoisotopic (exact) mass is 513 g/mol. The molecule has 0 heterocycles. The maximum absolute atomic E-state index is 13.5. The van der Waals surface area contributed by atoms with E-state index in [-0.39, 0.29) is 16.8 Å². The Kier molecular flexibility index (Phi) is 6.89. The van der Waals surface area contributed by atoms with Crippen molar-refractivity contribution in [3.05, 3.63) is 161 Å². The topological polar surface area (TPSA) is 77.3 Å². The largest absolute Gasteiger partial charge is 0.285 e. The number of nitro benzene ring substituents is 1. The predicted molar refractivity (Wildman–Crippen MR) is 152 cm³/mol. The van der Waals surface area contributed by atoms with Gasteiger partial charge in [-0.15, -0.1) is 0 Å². The average molecular weight is 514 g/mol. The van der Waals surface area contributed by atoms with Crippen LogP contribution in [0.25, 0.3) is 0 Å². The number of ketones is 2. The molecule has 5 aromatic rings. The van der Waals surface area contributed by atoms with Crippen molar-refractivity contribution < 1.29 is 14.5 Å². The van der Waals surface area contributed by atoms with Crippen LogP contribution in [0.3, 0.4) is 0 Å². The van der Waals surface area contributed by atoms with Crippen molar-refractivity contribution in [1.29, 1.82) is 0 Å². The molecule has 5 nitrogen and oxygen atoms in total. The van der Waals surface area contributed by atoms with E-state index in [2.05, 4.69) is 0 Å². The molecule has 5 rings (SSSR count). The average Bonchev–Trinajstić information content (AvgIpc) is 2.99. The van der Waals surface area contributed by atoms with Crippen LogP contribution in [0, 0.1) is 10.1 Å². The molecule has 0 bridgehead atoms. The molecule has 0 spiro atoms. The van der Waals surface area contributed by atoms with Crippen molar-refractivity contribution in [1.82, 2.24) is 0 Å². The van der Waals surface area contributed by atoms with Crippen LogP contribution in [-0.4, -0.2) is 24.6 Å². The predicted octanol–water partition coefficient (Wildman–Crippen LogP) is 4.04. The molecule has 0 amide bonds. The van der Waals surface area contributed by atoms with E-state index in [1.54, 1.807) is 30.3 Å². The van der Waals surface area contributed by atoms with E-state index in [1.807, 2.05) is 91.0 Å². The fourth-order valence-corrected chi connectivity index (χ4v) is 10.0. The van der Waals surface area contributed by atoms with Gasteiger partial charge in [-0.2, -0.15) is 0 Å². The van der Waals surface area contributed by atoms with Gasteiger partial charge in [-0.3, -0.25) is 19.7 Å². The Hall–Kier alpha value is -4.94. The van der Waals surface area contributed by atoms with Crippen molar-refractivity contribution in [2.75, 3.05) is 0 Å². The summed E-state index contributed by atoms with van der Waals surface area (Å²) in [6, 6.07) is 42.0. The Morgan fingerprint density at radius 3 is 1.37 bits per heavy atom. The second-order valence-corrected chi connectivity index (χ2v) is 12.6. The van der Waals surface area contributed by atoms with Crippen molar-refractivity contribution in [3.63, 3.8) is 0 Å². The highest BCUT2D eigenvalue weighted by Gasteiger charge is 2.47. The minimum absolute atomic E-state index is 0.190. The summed E-state index contributed by atoms with van der Waals surface area (Å²) >= 11 is 0. The summed E-state index contributed by atoms with van der Waals surface area (Å²) in [5, 5.41) is 16.0. The van der Waals surface area contributed by atoms with Crippen LogP contribution < -0.4 is 20.7 Å². The van der Waals surface area contributed by atoms with E-state index in [4.69, 9.17) is 0 Å². The third kappa shape index (κ3) is 4.27. The van der Waals surface area contributed by atoms with Gasteiger partial charge in [0.05, 0.1) is 4.92 Å². The van der Waals surface area contributed by atoms with Gasteiger partial charge in [0, 0.05) is 10.8 Å². The molecule has 0 N–H and O–H groups in total. The first-order valence-corrected chi connectivity index (χ1v) is 14.1. The molecule has 0 radical (unpaired) electrons. The lowest BCUT2D eigenvalue weighted by molar-refractivity contribution is -0.383. The highest BCUT2D eigenvalue weighted by atomic mass is 28.3. The fraction of sp³-hybridized carbons (Fsp3) is 0. The number of Topliss-reactive ketones (excluding diaryl/α,β-unsaturated/α-hetero) is 2. The van der Waals surface area contributed by atoms with Crippen LogP contribution in [0.15, 0.2) is 140 Å². The highest BCUT2D eigenvalue weighted by molar-refractivity contribution is 7.20. The van der Waals surface area contributed by atoms with E-state index >= 15 is 0 Å². The van der Waals surface area contributed by atoms with Crippen molar-refractivity contribution in [2.24, 2.45) is 0 Å². The van der Waals surface area contributed by atoms with Gasteiger partial charge in [0.1, 0.15) is 5.56 Å². The molecule has 0 saturated heterocycles. The van der Waals surface area contributed by atoms with Crippen LogP contribution in [0.4, 0.5) is 5.69 Å². The zero-order valence-corrected chi connectivity index (χ0v) is 21.4. The SMILES string of the molecule is O=C(C(=O)c1cccc([Si](c2ccccc2)(c2ccccc2)c2ccccc2)c1[N+](=O)[O-])c1ccccc1. The number of para-hydroxylation sites is 1. The van der Waals surface area contributed by atoms with Crippen LogP contribution in [0.1, 0.15) is 20.7 Å². The van der Waals surface area contributed by atoms with E-state index in [0.717, 1.165) is 15.6 Å². The lowest BCUT2D eigenvalue weighted by Gasteiger charge is -2.34. The second-order valence-electron chi connectivity index (χ2n) is 8.83. The summed E-state index contributed by atoms with van der Waals surface area (Å²) in [5.41, 5.74) is -0.346. The Bertz CT molecular complexity index is 1510. The number of hydrogen-bond acceptors (Lipinski definition) is 4. The molecular weight excluding hydrogens is 490 g/mol. The number of carbonyl (C=O) groups is 2. The minimum Gasteiger partial charge on any atom is -0.285 e. The third-order valence-electron chi connectivity index (χ3n) is 6.73. The molecule has 0 atom stereocenters. The van der Waals surface area contributed by atoms with Gasteiger partial charge in [-0.25, -0.2) is 0 Å². The first kappa shape index (κ1) is 24.7. The molecule has 184 valence electrons. The van der Waals surface area contributed by atoms with E-state index in [0.29, 0.717) is 5.19 Å². The summed E-state index contributed by atoms with van der Waals surface area (Å²) < 4.78 is 0. The molecular formula is C32H23NO4Si. The zero-order valence-electron chi connectivity index (χ0n) is 20.4. The van der Waals surface area contributed by atoms with E-state index < -0.39 is 24.6 Å². The maximum Gasteiger partial charge on any atom is 0.281 e. The van der Waals surface area contributed by atoms with Crippen molar-refractivity contribution in [3.8, 4) is 0 Å². The van der Waals surface area contributed by atoms with Gasteiger partial charge in [-0.05, 0) is 21.6 Å². The van der Waals surface area contributed by atoms with Crippen LogP contribution in [-0.2, 0) is 0 Å². The smallest absolute Gasteiger partial charge is 0.281 e. The van der Waals surface area contributed by atoms with Crippen LogP contribution in [0.2, 0.25) is 0 Å². The van der Waals surface area contributed by atoms with E-state index in [9.17, 15) is 19.7 Å². The molecule has 5 aromatic carbocycles. The van der Waals surface area contributed by atoms with Gasteiger partial charge < -0.3 is 0 Å². The maximum atomic E-state index is 13.5. The Morgan fingerprint density at radius 2 is 0.947 bits per heavy atom. The molecule has 0 aliphatic heterocycles. The quantitative estimate of drug-likeness (QED) is 0.0784. The number of benzene rings is 5. The van der Waals surface area contributed by atoms with Crippen LogP contribution in [0.5, 0.6) is 0 Å². The summed E-state index contributed by atoms with van der Waals surface area (Å²) in [7, 11) is -3.30. The normalized spacial score (nSPS) is 11.1. The molecule has 0 saturated carbocycles. The number of nitro groups is 1. The summed E-state index contributed by atoms with van der Waals surface area (Å²) in [5.74, 6) is -1.68. The molecule has 0 aliphatic carbocycles. The zero-order chi connectivity index (χ0) is 26.5.